The zero-order valence-corrected chi connectivity index (χ0v) is 12.3. The minimum atomic E-state index is -0.830. The molecule has 0 aliphatic carbocycles. The van der Waals surface area contributed by atoms with Gasteiger partial charge in [0.15, 0.2) is 0 Å². The number of nitrogens with zero attached hydrogens (tertiary/aromatic N) is 4. The molecular weight excluding hydrogens is 274 g/mol. The Kier molecular flexibility index (Phi) is 4.79. The Bertz CT molecular complexity index is 508. The molecule has 2 heterocycles. The molecule has 0 radical (unpaired) electrons. The third-order valence-corrected chi connectivity index (χ3v) is 3.85. The second kappa shape index (κ2) is 6.57. The summed E-state index contributed by atoms with van der Waals surface area (Å²) in [7, 11) is 1.83. The van der Waals surface area contributed by atoms with Gasteiger partial charge in [0.25, 0.3) is 0 Å². The second-order valence-electron chi connectivity index (χ2n) is 5.14. The molecule has 21 heavy (non-hydrogen) atoms. The molecule has 1 unspecified atom stereocenters. The van der Waals surface area contributed by atoms with E-state index in [4.69, 9.17) is 5.11 Å². The van der Waals surface area contributed by atoms with Crippen molar-refractivity contribution in [3.8, 4) is 0 Å². The van der Waals surface area contributed by atoms with Gasteiger partial charge in [0.2, 0.25) is 0 Å². The zero-order chi connectivity index (χ0) is 15.4. The first kappa shape index (κ1) is 15.3. The summed E-state index contributed by atoms with van der Waals surface area (Å²) in [6.07, 6.45) is 1.69. The van der Waals surface area contributed by atoms with E-state index >= 15 is 0 Å². The predicted molar refractivity (Wildman–Crippen MR) is 75.7 cm³/mol. The molecule has 1 aliphatic heterocycles. The molecule has 116 valence electrons. The standard InChI is InChI=1S/C13H21N5O3/c1-10(12(19)20)17-5-7-18(8-6-17)13(21)14-9-11-3-4-15-16(11)2/h3-4,10H,5-9H2,1-2H3,(H,14,21)(H,19,20). The van der Waals surface area contributed by atoms with Crippen LogP contribution in [0.4, 0.5) is 4.79 Å². The molecule has 1 aromatic heterocycles. The number of urea groups is 1. The normalized spacial score (nSPS) is 17.5. The average molecular weight is 295 g/mol. The third-order valence-electron chi connectivity index (χ3n) is 3.85. The number of carboxylic acid groups (broad SMARTS) is 1. The molecule has 0 aromatic carbocycles. The van der Waals surface area contributed by atoms with Crippen LogP contribution in [-0.4, -0.2) is 68.9 Å². The summed E-state index contributed by atoms with van der Waals surface area (Å²) in [5.41, 5.74) is 0.932. The van der Waals surface area contributed by atoms with Crippen molar-refractivity contribution in [2.24, 2.45) is 7.05 Å². The summed E-state index contributed by atoms with van der Waals surface area (Å²) < 4.78 is 1.72. The van der Waals surface area contributed by atoms with E-state index in [1.165, 1.54) is 0 Å². The minimum absolute atomic E-state index is 0.126. The van der Waals surface area contributed by atoms with Crippen LogP contribution in [0.25, 0.3) is 0 Å². The van der Waals surface area contributed by atoms with Crippen LogP contribution in [0.2, 0.25) is 0 Å². The summed E-state index contributed by atoms with van der Waals surface area (Å²) in [5, 5.41) is 15.9. The largest absolute Gasteiger partial charge is 0.480 e. The maximum Gasteiger partial charge on any atom is 0.320 e. The van der Waals surface area contributed by atoms with Crippen molar-refractivity contribution in [2.75, 3.05) is 26.2 Å². The highest BCUT2D eigenvalue weighted by Gasteiger charge is 2.27. The van der Waals surface area contributed by atoms with E-state index in [1.807, 2.05) is 18.0 Å². The molecular formula is C13H21N5O3. The first-order chi connectivity index (χ1) is 9.99. The number of aryl methyl sites for hydroxylation is 1. The van der Waals surface area contributed by atoms with Gasteiger partial charge < -0.3 is 15.3 Å². The predicted octanol–water partition coefficient (Wildman–Crippen LogP) is -0.280. The maximum atomic E-state index is 12.1. The Balaban J connectivity index is 1.78. The number of amides is 2. The van der Waals surface area contributed by atoms with Gasteiger partial charge in [0.1, 0.15) is 6.04 Å². The van der Waals surface area contributed by atoms with Crippen molar-refractivity contribution in [3.63, 3.8) is 0 Å². The molecule has 8 nitrogen and oxygen atoms in total. The van der Waals surface area contributed by atoms with Crippen molar-refractivity contribution in [3.05, 3.63) is 18.0 Å². The molecule has 1 aliphatic rings. The van der Waals surface area contributed by atoms with Crippen LogP contribution in [0.5, 0.6) is 0 Å². The SMILES string of the molecule is CC(C(=O)O)N1CCN(C(=O)NCc2ccnn2C)CC1. The van der Waals surface area contributed by atoms with Crippen LogP contribution >= 0.6 is 0 Å². The fourth-order valence-electron chi connectivity index (χ4n) is 2.32. The molecule has 1 fully saturated rings. The number of rotatable bonds is 4. The van der Waals surface area contributed by atoms with Crippen LogP contribution in [-0.2, 0) is 18.4 Å². The number of aliphatic carboxylic acids is 1. The molecule has 2 rings (SSSR count). The number of piperazine rings is 1. The third kappa shape index (κ3) is 3.72. The van der Waals surface area contributed by atoms with E-state index < -0.39 is 12.0 Å². The highest BCUT2D eigenvalue weighted by Crippen LogP contribution is 2.07. The molecule has 1 aromatic rings. The summed E-state index contributed by atoms with van der Waals surface area (Å²) in [5.74, 6) is -0.830. The lowest BCUT2D eigenvalue weighted by atomic mass is 10.2. The highest BCUT2D eigenvalue weighted by molar-refractivity contribution is 5.74. The second-order valence-corrected chi connectivity index (χ2v) is 5.14. The van der Waals surface area contributed by atoms with Gasteiger partial charge in [-0.05, 0) is 13.0 Å². The van der Waals surface area contributed by atoms with Gasteiger partial charge in [0, 0.05) is 39.4 Å². The van der Waals surface area contributed by atoms with Crippen LogP contribution in [0, 0.1) is 0 Å². The van der Waals surface area contributed by atoms with Crippen LogP contribution < -0.4 is 5.32 Å². The number of carbonyl (C=O) groups is 2. The molecule has 2 N–H and O–H groups in total. The number of nitrogens with one attached hydrogen (secondary N) is 1. The van der Waals surface area contributed by atoms with Crippen molar-refractivity contribution < 1.29 is 14.7 Å². The van der Waals surface area contributed by atoms with Gasteiger partial charge in [-0.1, -0.05) is 0 Å². The first-order valence-corrected chi connectivity index (χ1v) is 6.95. The fourth-order valence-corrected chi connectivity index (χ4v) is 2.32. The van der Waals surface area contributed by atoms with Gasteiger partial charge in [-0.25, -0.2) is 4.79 Å². The molecule has 8 heteroatoms. The number of hydrogen-bond acceptors (Lipinski definition) is 4. The quantitative estimate of drug-likeness (QED) is 0.797. The van der Waals surface area contributed by atoms with Crippen molar-refractivity contribution in [1.29, 1.82) is 0 Å². The summed E-state index contributed by atoms with van der Waals surface area (Å²) in [4.78, 5) is 26.6. The Labute approximate surface area is 123 Å². The number of carboxylic acids is 1. The van der Waals surface area contributed by atoms with Gasteiger partial charge in [-0.2, -0.15) is 5.10 Å². The smallest absolute Gasteiger partial charge is 0.320 e. The molecule has 1 saturated heterocycles. The Morgan fingerprint density at radius 2 is 2.05 bits per heavy atom. The van der Waals surface area contributed by atoms with E-state index in [9.17, 15) is 9.59 Å². The Morgan fingerprint density at radius 3 is 2.57 bits per heavy atom. The van der Waals surface area contributed by atoms with Crippen molar-refractivity contribution in [1.82, 2.24) is 24.9 Å². The van der Waals surface area contributed by atoms with Gasteiger partial charge in [0.05, 0.1) is 12.2 Å². The van der Waals surface area contributed by atoms with Gasteiger partial charge >= 0.3 is 12.0 Å². The lowest BCUT2D eigenvalue weighted by molar-refractivity contribution is -0.143. The minimum Gasteiger partial charge on any atom is -0.480 e. The van der Waals surface area contributed by atoms with E-state index in [2.05, 4.69) is 10.4 Å². The van der Waals surface area contributed by atoms with Crippen molar-refractivity contribution >= 4 is 12.0 Å². The zero-order valence-electron chi connectivity index (χ0n) is 12.3. The van der Waals surface area contributed by atoms with E-state index in [0.717, 1.165) is 5.69 Å². The lowest BCUT2D eigenvalue weighted by Crippen LogP contribution is -2.55. The molecule has 0 bridgehead atoms. The van der Waals surface area contributed by atoms with E-state index in [-0.39, 0.29) is 6.03 Å². The topological polar surface area (TPSA) is 90.7 Å². The van der Waals surface area contributed by atoms with Gasteiger partial charge in [-0.3, -0.25) is 14.4 Å². The monoisotopic (exact) mass is 295 g/mol. The molecule has 0 spiro atoms. The lowest BCUT2D eigenvalue weighted by Gasteiger charge is -2.36. The Morgan fingerprint density at radius 1 is 1.38 bits per heavy atom. The average Bonchev–Trinajstić information content (AvgIpc) is 2.89. The number of carbonyl (C=O) groups excluding carboxylic acids is 1. The van der Waals surface area contributed by atoms with Crippen LogP contribution in [0.15, 0.2) is 12.3 Å². The van der Waals surface area contributed by atoms with Crippen LogP contribution in [0.1, 0.15) is 12.6 Å². The van der Waals surface area contributed by atoms with E-state index in [0.29, 0.717) is 32.7 Å². The summed E-state index contributed by atoms with van der Waals surface area (Å²) in [6, 6.07) is 1.22. The number of aromatic nitrogens is 2. The molecule has 0 saturated carbocycles. The Hall–Kier alpha value is -2.09. The molecule has 1 atom stereocenters. The van der Waals surface area contributed by atoms with Gasteiger partial charge in [-0.15, -0.1) is 0 Å². The first-order valence-electron chi connectivity index (χ1n) is 6.95. The summed E-state index contributed by atoms with van der Waals surface area (Å²) >= 11 is 0. The molecule has 2 amide bonds. The fraction of sp³-hybridized carbons (Fsp3) is 0.615. The highest BCUT2D eigenvalue weighted by atomic mass is 16.4. The maximum absolute atomic E-state index is 12.1. The van der Waals surface area contributed by atoms with E-state index in [1.54, 1.807) is 22.7 Å². The van der Waals surface area contributed by atoms with Crippen LogP contribution in [0.3, 0.4) is 0 Å². The number of hydrogen-bond donors (Lipinski definition) is 2. The van der Waals surface area contributed by atoms with Crippen molar-refractivity contribution in [2.45, 2.75) is 19.5 Å². The summed E-state index contributed by atoms with van der Waals surface area (Å²) in [6.45, 7) is 4.32.